The van der Waals surface area contributed by atoms with E-state index in [0.29, 0.717) is 17.8 Å². The molecule has 1 aromatic carbocycles. The van der Waals surface area contributed by atoms with Crippen LogP contribution in [0.4, 0.5) is 0 Å². The van der Waals surface area contributed by atoms with Gasteiger partial charge in [0.05, 0.1) is 11.5 Å². The zero-order chi connectivity index (χ0) is 20.6. The summed E-state index contributed by atoms with van der Waals surface area (Å²) in [5.41, 5.74) is 5.50. The number of ether oxygens (including phenoxy) is 1. The highest BCUT2D eigenvalue weighted by Crippen LogP contribution is 2.63. The van der Waals surface area contributed by atoms with Gasteiger partial charge in [0.25, 0.3) is 0 Å². The van der Waals surface area contributed by atoms with Crippen molar-refractivity contribution in [1.82, 2.24) is 0 Å². The van der Waals surface area contributed by atoms with Gasteiger partial charge in [-0.15, -0.1) is 0 Å². The van der Waals surface area contributed by atoms with Crippen LogP contribution in [0.5, 0.6) is 5.75 Å². The quantitative estimate of drug-likeness (QED) is 0.315. The summed E-state index contributed by atoms with van der Waals surface area (Å²) in [5, 5.41) is 11.1. The van der Waals surface area contributed by atoms with Crippen molar-refractivity contribution < 1.29 is 9.66 Å². The van der Waals surface area contributed by atoms with Gasteiger partial charge in [0.2, 0.25) is 6.20 Å². The Kier molecular flexibility index (Phi) is 5.72. The van der Waals surface area contributed by atoms with E-state index < -0.39 is 0 Å². The molecule has 1 aromatic rings. The van der Waals surface area contributed by atoms with Crippen molar-refractivity contribution >= 4 is 0 Å². The lowest BCUT2D eigenvalue weighted by Gasteiger charge is -2.49. The number of unbranched alkanes of at least 4 members (excludes halogenated alkanes) is 1. The minimum atomic E-state index is -0.237. The molecule has 0 aromatic heterocycles. The summed E-state index contributed by atoms with van der Waals surface area (Å²) < 4.78 is 6.14. The van der Waals surface area contributed by atoms with Crippen molar-refractivity contribution in [1.29, 1.82) is 0 Å². The third-order valence-corrected chi connectivity index (χ3v) is 8.15. The van der Waals surface area contributed by atoms with Gasteiger partial charge in [0.15, 0.2) is 0 Å². The Morgan fingerprint density at radius 1 is 1.24 bits per heavy atom. The van der Waals surface area contributed by atoms with Crippen LogP contribution in [0.25, 0.3) is 0 Å². The molecule has 4 atom stereocenters. The predicted octanol–water partition coefficient (Wildman–Crippen LogP) is 6.44. The Morgan fingerprint density at radius 3 is 2.79 bits per heavy atom. The second kappa shape index (κ2) is 8.12. The number of allylic oxidation sites excluding steroid dienone is 1. The van der Waals surface area contributed by atoms with Crippen LogP contribution in [0.1, 0.15) is 88.3 Å². The first-order chi connectivity index (χ1) is 14.0. The maximum absolute atomic E-state index is 11.1. The average molecular weight is 398 g/mol. The molecule has 3 aliphatic rings. The number of hydrogen-bond donors (Lipinski definition) is 0. The van der Waals surface area contributed by atoms with Gasteiger partial charge in [-0.2, -0.15) is 0 Å². The molecule has 4 nitrogen and oxygen atoms in total. The van der Waals surface area contributed by atoms with Crippen molar-refractivity contribution in [2.24, 2.45) is 17.3 Å². The van der Waals surface area contributed by atoms with Gasteiger partial charge in [-0.25, -0.2) is 0 Å². The molecular formula is C25H35NO3. The molecule has 0 N–H and O–H groups in total. The molecule has 0 saturated heterocycles. The second-order valence-corrected chi connectivity index (χ2v) is 9.56. The van der Waals surface area contributed by atoms with Crippen molar-refractivity contribution in [3.63, 3.8) is 0 Å². The molecule has 3 aliphatic carbocycles. The predicted molar refractivity (Wildman–Crippen MR) is 116 cm³/mol. The Labute approximate surface area is 174 Å². The number of nitro groups is 1. The van der Waals surface area contributed by atoms with Gasteiger partial charge in [-0.1, -0.05) is 33.3 Å². The lowest BCUT2D eigenvalue weighted by molar-refractivity contribution is -0.404. The van der Waals surface area contributed by atoms with Gasteiger partial charge in [0, 0.05) is 5.57 Å². The SMILES string of the molecule is CCCCOc1cc2c(cc1CC)C1CC[C@]3(C)/C(=C/[N+](=O)[O-])CCC3C1CC2. The summed E-state index contributed by atoms with van der Waals surface area (Å²) in [5.74, 6) is 2.96. The summed E-state index contributed by atoms with van der Waals surface area (Å²) in [6.07, 6.45) is 11.2. The largest absolute Gasteiger partial charge is 0.493 e. The topological polar surface area (TPSA) is 52.4 Å². The van der Waals surface area contributed by atoms with Crippen molar-refractivity contribution in [3.05, 3.63) is 50.7 Å². The number of rotatable bonds is 6. The van der Waals surface area contributed by atoms with E-state index in [1.54, 1.807) is 5.56 Å². The fraction of sp³-hybridized carbons (Fsp3) is 0.680. The first-order valence-electron chi connectivity index (χ1n) is 11.6. The summed E-state index contributed by atoms with van der Waals surface area (Å²) in [7, 11) is 0. The monoisotopic (exact) mass is 397 g/mol. The summed E-state index contributed by atoms with van der Waals surface area (Å²) in [6, 6.07) is 4.78. The number of hydrogen-bond acceptors (Lipinski definition) is 3. The third kappa shape index (κ3) is 3.60. The Morgan fingerprint density at radius 2 is 2.07 bits per heavy atom. The molecule has 0 bridgehead atoms. The minimum absolute atomic E-state index is 0.0303. The lowest BCUT2D eigenvalue weighted by Crippen LogP contribution is -2.40. The highest BCUT2D eigenvalue weighted by molar-refractivity contribution is 5.46. The molecule has 4 rings (SSSR count). The van der Waals surface area contributed by atoms with E-state index in [0.717, 1.165) is 69.3 Å². The molecule has 0 heterocycles. The van der Waals surface area contributed by atoms with Crippen LogP contribution < -0.4 is 4.74 Å². The number of benzene rings is 1. The molecule has 0 aliphatic heterocycles. The molecular weight excluding hydrogens is 362 g/mol. The highest BCUT2D eigenvalue weighted by Gasteiger charge is 2.53. The van der Waals surface area contributed by atoms with Crippen LogP contribution in [0.15, 0.2) is 23.9 Å². The molecule has 2 fully saturated rings. The van der Waals surface area contributed by atoms with Crippen LogP contribution in [0.2, 0.25) is 0 Å². The van der Waals surface area contributed by atoms with Crippen molar-refractivity contribution in [2.45, 2.75) is 84.5 Å². The summed E-state index contributed by atoms with van der Waals surface area (Å²) in [4.78, 5) is 10.9. The van der Waals surface area contributed by atoms with Crippen LogP contribution >= 0.6 is 0 Å². The Hall–Kier alpha value is -1.84. The maximum Gasteiger partial charge on any atom is 0.234 e. The average Bonchev–Trinajstić information content (AvgIpc) is 3.03. The fourth-order valence-electron chi connectivity index (χ4n) is 6.57. The molecule has 0 amide bonds. The van der Waals surface area contributed by atoms with E-state index in [-0.39, 0.29) is 10.3 Å². The minimum Gasteiger partial charge on any atom is -0.493 e. The van der Waals surface area contributed by atoms with E-state index in [9.17, 15) is 10.1 Å². The third-order valence-electron chi connectivity index (χ3n) is 8.15. The van der Waals surface area contributed by atoms with Crippen LogP contribution in [-0.4, -0.2) is 11.5 Å². The van der Waals surface area contributed by atoms with E-state index >= 15 is 0 Å². The maximum atomic E-state index is 11.1. The number of aryl methyl sites for hydroxylation is 2. The molecule has 4 heteroatoms. The first kappa shape index (κ1) is 20.4. The van der Waals surface area contributed by atoms with Crippen LogP contribution in [0, 0.1) is 27.4 Å². The summed E-state index contributed by atoms with van der Waals surface area (Å²) >= 11 is 0. The summed E-state index contributed by atoms with van der Waals surface area (Å²) in [6.45, 7) is 7.52. The van der Waals surface area contributed by atoms with Gasteiger partial charge in [0.1, 0.15) is 5.75 Å². The Bertz CT molecular complexity index is 815. The molecule has 0 radical (unpaired) electrons. The smallest absolute Gasteiger partial charge is 0.234 e. The number of nitrogens with zero attached hydrogens (tertiary/aromatic N) is 1. The van der Waals surface area contributed by atoms with Crippen molar-refractivity contribution in [2.75, 3.05) is 6.61 Å². The zero-order valence-corrected chi connectivity index (χ0v) is 18.2. The molecule has 0 spiro atoms. The van der Waals surface area contributed by atoms with Crippen LogP contribution in [0.3, 0.4) is 0 Å². The highest BCUT2D eigenvalue weighted by atomic mass is 16.6. The van der Waals surface area contributed by atoms with Gasteiger partial charge >= 0.3 is 0 Å². The zero-order valence-electron chi connectivity index (χ0n) is 18.2. The lowest BCUT2D eigenvalue weighted by atomic mass is 9.55. The number of fused-ring (bicyclic) bond motifs is 5. The second-order valence-electron chi connectivity index (χ2n) is 9.56. The van der Waals surface area contributed by atoms with Gasteiger partial charge < -0.3 is 4.74 Å². The van der Waals surface area contributed by atoms with E-state index in [2.05, 4.69) is 32.9 Å². The molecule has 3 unspecified atom stereocenters. The van der Waals surface area contributed by atoms with E-state index in [1.165, 1.54) is 23.7 Å². The van der Waals surface area contributed by atoms with Crippen LogP contribution in [-0.2, 0) is 12.8 Å². The van der Waals surface area contributed by atoms with E-state index in [4.69, 9.17) is 4.74 Å². The molecule has 2 saturated carbocycles. The van der Waals surface area contributed by atoms with Gasteiger partial charge in [-0.05, 0) is 97.3 Å². The Balaban J connectivity index is 1.62. The standard InChI is InChI=1S/C25H35NO3/c1-4-6-13-29-24-15-18-7-9-21-20(22(18)14-17(24)5-2)11-12-25(3)19(16-26(27)28)8-10-23(21)25/h14-16,20-21,23H,4-13H2,1-3H3/b19-16+/t20?,21?,23?,25-/m1/s1. The van der Waals surface area contributed by atoms with E-state index in [1.807, 2.05) is 0 Å². The first-order valence-corrected chi connectivity index (χ1v) is 11.6. The van der Waals surface area contributed by atoms with Crippen molar-refractivity contribution in [3.8, 4) is 5.75 Å². The molecule has 29 heavy (non-hydrogen) atoms. The fourth-order valence-corrected chi connectivity index (χ4v) is 6.57. The molecule has 158 valence electrons. The normalized spacial score (nSPS) is 31.8. The van der Waals surface area contributed by atoms with Gasteiger partial charge in [-0.3, -0.25) is 10.1 Å².